The Morgan fingerprint density at radius 3 is 2.45 bits per heavy atom. The first-order chi connectivity index (χ1) is 18.0. The number of sulfonamides is 1. The summed E-state index contributed by atoms with van der Waals surface area (Å²) in [5, 5.41) is 11.5. The lowest BCUT2D eigenvalue weighted by Gasteiger charge is -2.26. The van der Waals surface area contributed by atoms with Gasteiger partial charge in [0.1, 0.15) is 12.4 Å². The van der Waals surface area contributed by atoms with Crippen LogP contribution < -0.4 is 5.32 Å². The van der Waals surface area contributed by atoms with E-state index in [0.29, 0.717) is 23.5 Å². The Hall–Kier alpha value is -3.48. The second-order valence-corrected chi connectivity index (χ2v) is 11.0. The topological polar surface area (TPSA) is 122 Å². The molecule has 0 saturated heterocycles. The molecule has 0 aliphatic rings. The number of halogens is 2. The Labute approximate surface area is 220 Å². The Balaban J connectivity index is 1.84. The van der Waals surface area contributed by atoms with Crippen molar-refractivity contribution in [1.82, 2.24) is 14.3 Å². The predicted molar refractivity (Wildman–Crippen MR) is 137 cm³/mol. The number of ether oxygens (including phenoxy) is 1. The van der Waals surface area contributed by atoms with Crippen LogP contribution in [0.5, 0.6) is 0 Å². The average Bonchev–Trinajstić information content (AvgIpc) is 2.88. The summed E-state index contributed by atoms with van der Waals surface area (Å²) >= 11 is 0. The number of benzene rings is 1. The minimum Gasteiger partial charge on any atom is -0.480 e. The summed E-state index contributed by atoms with van der Waals surface area (Å²) in [6.45, 7) is 0.544. The highest BCUT2D eigenvalue weighted by atomic mass is 32.2. The van der Waals surface area contributed by atoms with Gasteiger partial charge in [-0.25, -0.2) is 18.4 Å². The first-order valence-electron chi connectivity index (χ1n) is 11.8. The van der Waals surface area contributed by atoms with Gasteiger partial charge in [0.25, 0.3) is 10.0 Å². The lowest BCUT2D eigenvalue weighted by molar-refractivity contribution is -0.135. The number of pyridine rings is 2. The lowest BCUT2D eigenvalue weighted by atomic mass is 9.81. The molecule has 3 rings (SSSR count). The lowest BCUT2D eigenvalue weighted by Crippen LogP contribution is -2.31. The van der Waals surface area contributed by atoms with Crippen LogP contribution in [0.25, 0.3) is 0 Å². The second kappa shape index (κ2) is 12.9. The number of nitrogens with zero attached hydrogens (tertiary/aromatic N) is 3. The van der Waals surface area contributed by atoms with Crippen molar-refractivity contribution >= 4 is 21.8 Å². The van der Waals surface area contributed by atoms with E-state index in [9.17, 15) is 22.0 Å². The van der Waals surface area contributed by atoms with Gasteiger partial charge in [-0.1, -0.05) is 50.2 Å². The minimum absolute atomic E-state index is 0.0164. The van der Waals surface area contributed by atoms with Crippen molar-refractivity contribution in [2.45, 2.75) is 50.4 Å². The van der Waals surface area contributed by atoms with Crippen molar-refractivity contribution in [2.24, 2.45) is 0 Å². The Morgan fingerprint density at radius 1 is 1.08 bits per heavy atom. The van der Waals surface area contributed by atoms with Crippen LogP contribution in [0.2, 0.25) is 0 Å². The molecule has 3 aromatic rings. The number of anilines is 1. The van der Waals surface area contributed by atoms with Crippen molar-refractivity contribution < 1.29 is 31.8 Å². The van der Waals surface area contributed by atoms with E-state index in [1.807, 2.05) is 26.0 Å². The van der Waals surface area contributed by atoms with Crippen molar-refractivity contribution in [3.63, 3.8) is 0 Å². The molecule has 0 atom stereocenters. The van der Waals surface area contributed by atoms with Crippen LogP contribution in [0.1, 0.15) is 37.1 Å². The maximum Gasteiger partial charge on any atom is 0.345 e. The van der Waals surface area contributed by atoms with E-state index in [2.05, 4.69) is 20.0 Å². The molecule has 2 aromatic heterocycles. The number of rotatable bonds is 14. The third-order valence-electron chi connectivity index (χ3n) is 5.87. The zero-order valence-corrected chi connectivity index (χ0v) is 21.9. The Bertz CT molecular complexity index is 1310. The highest BCUT2D eigenvalue weighted by Gasteiger charge is 2.27. The average molecular weight is 549 g/mol. The van der Waals surface area contributed by atoms with Crippen molar-refractivity contribution in [1.29, 1.82) is 0 Å². The van der Waals surface area contributed by atoms with E-state index < -0.39 is 28.0 Å². The highest BCUT2D eigenvalue weighted by molar-refractivity contribution is 7.89. The van der Waals surface area contributed by atoms with Crippen LogP contribution >= 0.6 is 0 Å². The number of hydrogen-bond donors (Lipinski definition) is 2. The Morgan fingerprint density at radius 2 is 1.82 bits per heavy atom. The Kier molecular flexibility index (Phi) is 9.84. The molecule has 0 unspecified atom stereocenters. The monoisotopic (exact) mass is 548 g/mol. The van der Waals surface area contributed by atoms with Gasteiger partial charge in [-0.3, -0.25) is 4.79 Å². The molecule has 0 amide bonds. The van der Waals surface area contributed by atoms with Crippen LogP contribution in [-0.4, -0.2) is 53.5 Å². The number of carbonyl (C=O) groups is 1. The van der Waals surface area contributed by atoms with Crippen molar-refractivity contribution in [3.8, 4) is 0 Å². The molecule has 0 spiro atoms. The predicted octanol–water partition coefficient (Wildman–Crippen LogP) is 4.27. The van der Waals surface area contributed by atoms with Gasteiger partial charge in [-0.15, -0.1) is 0 Å². The van der Waals surface area contributed by atoms with Gasteiger partial charge in [-0.2, -0.15) is 13.1 Å². The third kappa shape index (κ3) is 8.27. The zero-order valence-electron chi connectivity index (χ0n) is 21.0. The fourth-order valence-corrected chi connectivity index (χ4v) is 5.01. The molecule has 38 heavy (non-hydrogen) atoms. The van der Waals surface area contributed by atoms with E-state index in [0.717, 1.165) is 5.56 Å². The maximum absolute atomic E-state index is 13.5. The molecular formula is C26H30F2N4O5S. The van der Waals surface area contributed by atoms with Gasteiger partial charge in [0, 0.05) is 12.7 Å². The zero-order chi connectivity index (χ0) is 27.8. The van der Waals surface area contributed by atoms with E-state index in [1.54, 1.807) is 42.5 Å². The molecule has 1 aromatic carbocycles. The summed E-state index contributed by atoms with van der Waals surface area (Å²) in [7, 11) is -4.01. The van der Waals surface area contributed by atoms with Gasteiger partial charge in [0.05, 0.1) is 18.8 Å². The molecule has 0 radical (unpaired) electrons. The molecule has 0 aliphatic heterocycles. The van der Waals surface area contributed by atoms with Gasteiger partial charge in [-0.05, 0) is 47.2 Å². The molecule has 2 heterocycles. The second-order valence-electron chi connectivity index (χ2n) is 9.16. The van der Waals surface area contributed by atoms with Crippen LogP contribution in [0, 0.1) is 0 Å². The summed E-state index contributed by atoms with van der Waals surface area (Å²) in [6, 6.07) is 16.8. The number of aliphatic carboxylic acids is 1. The summed E-state index contributed by atoms with van der Waals surface area (Å²) < 4.78 is 57.3. The SMILES string of the molecule is CC(C)(CCOC(F)F)c1ccc(CN(Cc2cccc(NCC(=O)O)n2)S(=O)(=O)c2ccccn2)cc1. The van der Waals surface area contributed by atoms with Gasteiger partial charge < -0.3 is 15.2 Å². The number of carboxylic acids is 1. The van der Waals surface area contributed by atoms with Crippen LogP contribution in [0.4, 0.5) is 14.6 Å². The molecule has 0 bridgehead atoms. The van der Waals surface area contributed by atoms with Gasteiger partial charge in [0.2, 0.25) is 0 Å². The fraction of sp³-hybridized carbons (Fsp3) is 0.346. The number of alkyl halides is 2. The molecule has 204 valence electrons. The molecule has 0 fully saturated rings. The van der Waals surface area contributed by atoms with E-state index >= 15 is 0 Å². The molecule has 0 saturated carbocycles. The van der Waals surface area contributed by atoms with E-state index in [-0.39, 0.29) is 31.3 Å². The van der Waals surface area contributed by atoms with Crippen LogP contribution in [0.3, 0.4) is 0 Å². The van der Waals surface area contributed by atoms with E-state index in [1.165, 1.54) is 16.6 Å². The molecular weight excluding hydrogens is 518 g/mol. The number of aromatic nitrogens is 2. The number of nitrogens with one attached hydrogen (secondary N) is 1. The van der Waals surface area contributed by atoms with Crippen LogP contribution in [0.15, 0.2) is 71.9 Å². The minimum atomic E-state index is -4.01. The van der Waals surface area contributed by atoms with Crippen molar-refractivity contribution in [2.75, 3.05) is 18.5 Å². The maximum atomic E-state index is 13.5. The number of carboxylic acid groups (broad SMARTS) is 1. The largest absolute Gasteiger partial charge is 0.480 e. The van der Waals surface area contributed by atoms with Gasteiger partial charge in [0.15, 0.2) is 5.03 Å². The highest BCUT2D eigenvalue weighted by Crippen LogP contribution is 2.28. The fourth-order valence-electron chi connectivity index (χ4n) is 3.68. The van der Waals surface area contributed by atoms with E-state index in [4.69, 9.17) is 5.11 Å². The molecule has 0 aliphatic carbocycles. The molecule has 2 N–H and O–H groups in total. The standard InChI is InChI=1S/C26H30F2N4O5S/c1-26(2,13-15-37-25(27)28)20-11-9-19(10-12-20)17-32(38(35,36)23-8-3-4-14-29-23)18-21-6-5-7-22(31-21)30-16-24(33)34/h3-12,14,25H,13,15-18H2,1-2H3,(H,30,31)(H,33,34). The van der Waals surface area contributed by atoms with Crippen molar-refractivity contribution in [3.05, 3.63) is 83.7 Å². The molecule has 9 nitrogen and oxygen atoms in total. The quantitative estimate of drug-likeness (QED) is 0.306. The summed E-state index contributed by atoms with van der Waals surface area (Å²) in [5.74, 6) is -0.743. The summed E-state index contributed by atoms with van der Waals surface area (Å²) in [6.07, 6.45) is 1.78. The molecule has 12 heteroatoms. The first kappa shape index (κ1) is 29.1. The van der Waals surface area contributed by atoms with Gasteiger partial charge >= 0.3 is 12.6 Å². The first-order valence-corrected chi connectivity index (χ1v) is 13.2. The van der Waals surface area contributed by atoms with Crippen LogP contribution in [-0.2, 0) is 38.1 Å². The smallest absolute Gasteiger partial charge is 0.345 e. The number of hydrogen-bond acceptors (Lipinski definition) is 7. The summed E-state index contributed by atoms with van der Waals surface area (Å²) in [4.78, 5) is 19.2. The third-order valence-corrected chi connectivity index (χ3v) is 7.58. The normalized spacial score (nSPS) is 12.2. The summed E-state index contributed by atoms with van der Waals surface area (Å²) in [5.41, 5.74) is 1.59.